The minimum atomic E-state index is -3.20. The van der Waals surface area contributed by atoms with Gasteiger partial charge in [0, 0.05) is 12.6 Å². The van der Waals surface area contributed by atoms with Crippen molar-refractivity contribution < 1.29 is 13.2 Å². The highest BCUT2D eigenvalue weighted by atomic mass is 35.5. The molecule has 126 valence electrons. The van der Waals surface area contributed by atoms with Crippen molar-refractivity contribution in [1.82, 2.24) is 10.0 Å². The van der Waals surface area contributed by atoms with Crippen molar-refractivity contribution in [3.63, 3.8) is 0 Å². The van der Waals surface area contributed by atoms with Crippen LogP contribution >= 0.6 is 12.4 Å². The molecule has 0 aromatic carbocycles. The van der Waals surface area contributed by atoms with Crippen molar-refractivity contribution >= 4 is 28.3 Å². The SMILES string of the molecule is CCCC(C)(N)C(=O)NCC1CCCC1NS(C)(=O)=O.Cl. The summed E-state index contributed by atoms with van der Waals surface area (Å²) in [6.45, 7) is 4.19. The lowest BCUT2D eigenvalue weighted by atomic mass is 9.96. The van der Waals surface area contributed by atoms with Gasteiger partial charge in [0.25, 0.3) is 0 Å². The molecule has 1 aliphatic carbocycles. The van der Waals surface area contributed by atoms with Crippen molar-refractivity contribution in [2.24, 2.45) is 11.7 Å². The van der Waals surface area contributed by atoms with Gasteiger partial charge in [-0.25, -0.2) is 13.1 Å². The maximum Gasteiger partial charge on any atom is 0.239 e. The maximum absolute atomic E-state index is 12.0. The summed E-state index contributed by atoms with van der Waals surface area (Å²) in [5.41, 5.74) is 5.11. The highest BCUT2D eigenvalue weighted by molar-refractivity contribution is 7.88. The lowest BCUT2D eigenvalue weighted by molar-refractivity contribution is -0.126. The maximum atomic E-state index is 12.0. The molecule has 0 aromatic rings. The van der Waals surface area contributed by atoms with E-state index in [9.17, 15) is 13.2 Å². The van der Waals surface area contributed by atoms with E-state index < -0.39 is 15.6 Å². The molecule has 1 amide bonds. The molecule has 0 aliphatic heterocycles. The molecule has 1 aliphatic rings. The van der Waals surface area contributed by atoms with Crippen LogP contribution in [0.2, 0.25) is 0 Å². The van der Waals surface area contributed by atoms with Crippen LogP contribution in [-0.4, -0.2) is 38.7 Å². The molecule has 1 rings (SSSR count). The Hall–Kier alpha value is -0.370. The Bertz CT molecular complexity index is 440. The zero-order valence-corrected chi connectivity index (χ0v) is 14.6. The van der Waals surface area contributed by atoms with Crippen LogP contribution in [-0.2, 0) is 14.8 Å². The molecule has 6 nitrogen and oxygen atoms in total. The predicted octanol–water partition coefficient (Wildman–Crippen LogP) is 0.760. The predicted molar refractivity (Wildman–Crippen MR) is 86.9 cm³/mol. The first-order valence-corrected chi connectivity index (χ1v) is 9.09. The molecule has 0 spiro atoms. The van der Waals surface area contributed by atoms with Crippen LogP contribution in [0.5, 0.6) is 0 Å². The topological polar surface area (TPSA) is 101 Å². The number of hydrogen-bond donors (Lipinski definition) is 3. The summed E-state index contributed by atoms with van der Waals surface area (Å²) in [5.74, 6) is -0.0181. The number of halogens is 1. The third kappa shape index (κ3) is 6.95. The molecule has 3 atom stereocenters. The fourth-order valence-electron chi connectivity index (χ4n) is 2.77. The van der Waals surface area contributed by atoms with E-state index in [1.165, 1.54) is 6.26 Å². The van der Waals surface area contributed by atoms with Crippen LogP contribution in [0.4, 0.5) is 0 Å². The van der Waals surface area contributed by atoms with Crippen LogP contribution in [0.25, 0.3) is 0 Å². The summed E-state index contributed by atoms with van der Waals surface area (Å²) in [6, 6.07) is -0.0829. The Morgan fingerprint density at radius 1 is 1.38 bits per heavy atom. The molecule has 0 saturated heterocycles. The Morgan fingerprint density at radius 2 is 2.00 bits per heavy atom. The van der Waals surface area contributed by atoms with Crippen molar-refractivity contribution in [3.05, 3.63) is 0 Å². The average Bonchev–Trinajstić information content (AvgIpc) is 2.70. The van der Waals surface area contributed by atoms with Gasteiger partial charge in [0.05, 0.1) is 11.8 Å². The monoisotopic (exact) mass is 341 g/mol. The summed E-state index contributed by atoms with van der Waals surface area (Å²) < 4.78 is 25.2. The van der Waals surface area contributed by atoms with Crippen molar-refractivity contribution in [1.29, 1.82) is 0 Å². The van der Waals surface area contributed by atoms with E-state index in [1.807, 2.05) is 6.92 Å². The summed E-state index contributed by atoms with van der Waals surface area (Å²) in [6.07, 6.45) is 5.36. The van der Waals surface area contributed by atoms with Gasteiger partial charge >= 0.3 is 0 Å². The van der Waals surface area contributed by atoms with Gasteiger partial charge in [-0.3, -0.25) is 4.79 Å². The Morgan fingerprint density at radius 3 is 2.52 bits per heavy atom. The van der Waals surface area contributed by atoms with Crippen molar-refractivity contribution in [2.75, 3.05) is 12.8 Å². The second-order valence-corrected chi connectivity index (χ2v) is 7.85. The molecular formula is C13H28ClN3O3S. The second kappa shape index (κ2) is 8.31. The summed E-state index contributed by atoms with van der Waals surface area (Å²) in [4.78, 5) is 12.0. The zero-order valence-electron chi connectivity index (χ0n) is 13.0. The van der Waals surface area contributed by atoms with Gasteiger partial charge in [-0.15, -0.1) is 12.4 Å². The number of nitrogens with two attached hydrogens (primary N) is 1. The molecule has 1 saturated carbocycles. The van der Waals surface area contributed by atoms with Crippen LogP contribution in [0.15, 0.2) is 0 Å². The van der Waals surface area contributed by atoms with E-state index in [2.05, 4.69) is 10.0 Å². The minimum Gasteiger partial charge on any atom is -0.354 e. The molecular weight excluding hydrogens is 314 g/mol. The first-order chi connectivity index (χ1) is 9.15. The molecule has 4 N–H and O–H groups in total. The molecule has 8 heteroatoms. The summed E-state index contributed by atoms with van der Waals surface area (Å²) in [5, 5.41) is 2.87. The summed E-state index contributed by atoms with van der Waals surface area (Å²) in [7, 11) is -3.20. The zero-order chi connectivity index (χ0) is 15.4. The van der Waals surface area contributed by atoms with Crippen molar-refractivity contribution in [2.45, 2.75) is 57.5 Å². The number of hydrogen-bond acceptors (Lipinski definition) is 4. The number of amides is 1. The van der Waals surface area contributed by atoms with E-state index in [4.69, 9.17) is 5.73 Å². The third-order valence-electron chi connectivity index (χ3n) is 3.84. The molecule has 0 bridgehead atoms. The smallest absolute Gasteiger partial charge is 0.239 e. The number of carbonyl (C=O) groups is 1. The Kier molecular flexibility index (Phi) is 8.17. The van der Waals surface area contributed by atoms with Gasteiger partial charge in [-0.1, -0.05) is 19.8 Å². The third-order valence-corrected chi connectivity index (χ3v) is 4.57. The average molecular weight is 342 g/mol. The lowest BCUT2D eigenvalue weighted by Crippen LogP contribution is -2.53. The lowest BCUT2D eigenvalue weighted by Gasteiger charge is -2.25. The van der Waals surface area contributed by atoms with Crippen LogP contribution in [0.1, 0.15) is 46.0 Å². The van der Waals surface area contributed by atoms with E-state index in [0.717, 1.165) is 25.7 Å². The normalized spacial score (nSPS) is 25.0. The fraction of sp³-hybridized carbons (Fsp3) is 0.923. The summed E-state index contributed by atoms with van der Waals surface area (Å²) >= 11 is 0. The molecule has 0 heterocycles. The highest BCUT2D eigenvalue weighted by Gasteiger charge is 2.32. The second-order valence-electron chi connectivity index (χ2n) is 6.06. The van der Waals surface area contributed by atoms with E-state index in [0.29, 0.717) is 13.0 Å². The first kappa shape index (κ1) is 20.6. The molecule has 1 fully saturated rings. The number of sulfonamides is 1. The van der Waals surface area contributed by atoms with E-state index in [1.54, 1.807) is 6.92 Å². The number of rotatable bonds is 7. The van der Waals surface area contributed by atoms with Crippen LogP contribution < -0.4 is 15.8 Å². The van der Waals surface area contributed by atoms with Gasteiger partial charge in [-0.05, 0) is 32.1 Å². The molecule has 21 heavy (non-hydrogen) atoms. The molecule has 0 aromatic heterocycles. The van der Waals surface area contributed by atoms with Crippen LogP contribution in [0.3, 0.4) is 0 Å². The Balaban J connectivity index is 0.00000400. The molecule has 3 unspecified atom stereocenters. The Labute approximate surface area is 134 Å². The van der Waals surface area contributed by atoms with Gasteiger partial charge in [0.2, 0.25) is 15.9 Å². The highest BCUT2D eigenvalue weighted by Crippen LogP contribution is 2.25. The van der Waals surface area contributed by atoms with Crippen LogP contribution in [0, 0.1) is 5.92 Å². The quantitative estimate of drug-likeness (QED) is 0.636. The van der Waals surface area contributed by atoms with Gasteiger partial charge < -0.3 is 11.1 Å². The fourth-order valence-corrected chi connectivity index (χ4v) is 3.63. The van der Waals surface area contributed by atoms with Gasteiger partial charge in [0.1, 0.15) is 0 Å². The van der Waals surface area contributed by atoms with Gasteiger partial charge in [-0.2, -0.15) is 0 Å². The number of nitrogens with one attached hydrogen (secondary N) is 2. The van der Waals surface area contributed by atoms with E-state index >= 15 is 0 Å². The van der Waals surface area contributed by atoms with Gasteiger partial charge in [0.15, 0.2) is 0 Å². The minimum absolute atomic E-state index is 0. The van der Waals surface area contributed by atoms with E-state index in [-0.39, 0.29) is 30.3 Å². The first-order valence-electron chi connectivity index (χ1n) is 7.20. The largest absolute Gasteiger partial charge is 0.354 e. The standard InChI is InChI=1S/C13H27N3O3S.ClH/c1-4-8-13(2,14)12(17)15-9-10-6-5-7-11(10)16-20(3,18)19;/h10-11,16H,4-9,14H2,1-3H3,(H,15,17);1H. The molecule has 0 radical (unpaired) electrons. The van der Waals surface area contributed by atoms with Crippen molar-refractivity contribution in [3.8, 4) is 0 Å². The number of carbonyl (C=O) groups excluding carboxylic acids is 1.